The van der Waals surface area contributed by atoms with E-state index in [1.807, 2.05) is 10.9 Å². The van der Waals surface area contributed by atoms with Crippen molar-refractivity contribution in [1.82, 2.24) is 24.6 Å². The fourth-order valence-corrected chi connectivity index (χ4v) is 2.52. The summed E-state index contributed by atoms with van der Waals surface area (Å²) in [5, 5.41) is 7.96. The number of anilines is 2. The largest absolute Gasteiger partial charge is 0.321 e. The summed E-state index contributed by atoms with van der Waals surface area (Å²) in [5.41, 5.74) is 0.881. The zero-order valence-corrected chi connectivity index (χ0v) is 12.1. The fourth-order valence-electron chi connectivity index (χ4n) is 2.39. The number of aromatic nitrogens is 4. The van der Waals surface area contributed by atoms with Gasteiger partial charge < -0.3 is 10.2 Å². The second-order valence-corrected chi connectivity index (χ2v) is 5.46. The number of nitrogens with one attached hydrogen (secondary N) is 1. The van der Waals surface area contributed by atoms with E-state index in [0.29, 0.717) is 17.1 Å². The van der Waals surface area contributed by atoms with Crippen LogP contribution in [0.25, 0.3) is 0 Å². The second-order valence-electron chi connectivity index (χ2n) is 5.07. The molecule has 0 saturated carbocycles. The highest BCUT2D eigenvalue weighted by Gasteiger charge is 2.18. The molecule has 0 spiro atoms. The number of piperidine rings is 1. The Kier molecular flexibility index (Phi) is 3.84. The Balaban J connectivity index is 1.67. The van der Waals surface area contributed by atoms with Crippen molar-refractivity contribution in [2.24, 2.45) is 0 Å². The number of halogens is 1. The first kappa shape index (κ1) is 13.3. The first-order valence-corrected chi connectivity index (χ1v) is 7.07. The van der Waals surface area contributed by atoms with Gasteiger partial charge in [-0.1, -0.05) is 11.6 Å². The Hall–Kier alpha value is -1.66. The molecule has 1 aliphatic rings. The maximum atomic E-state index is 5.84. The van der Waals surface area contributed by atoms with E-state index in [9.17, 15) is 0 Å². The van der Waals surface area contributed by atoms with Crippen LogP contribution in [0.4, 0.5) is 11.6 Å². The van der Waals surface area contributed by atoms with Gasteiger partial charge in [0.2, 0.25) is 5.95 Å². The lowest BCUT2D eigenvalue weighted by molar-refractivity contribution is 0.212. The molecule has 2 aromatic rings. The number of hydrogen-bond donors (Lipinski definition) is 1. The quantitative estimate of drug-likeness (QED) is 0.880. The summed E-state index contributed by atoms with van der Waals surface area (Å²) in [7, 11) is 2.16. The maximum absolute atomic E-state index is 5.84. The molecular formula is C13H17ClN6. The van der Waals surface area contributed by atoms with E-state index in [4.69, 9.17) is 11.6 Å². The van der Waals surface area contributed by atoms with Crippen LogP contribution in [-0.2, 0) is 0 Å². The molecule has 1 N–H and O–H groups in total. The molecule has 0 aromatic carbocycles. The van der Waals surface area contributed by atoms with E-state index in [0.717, 1.165) is 31.6 Å². The summed E-state index contributed by atoms with van der Waals surface area (Å²) in [5.74, 6) is 0.487. The molecular weight excluding hydrogens is 276 g/mol. The monoisotopic (exact) mass is 292 g/mol. The SMILES string of the molecule is CN1CCC(n2cc(Nc3nccc(Cl)n3)cn2)CC1. The normalized spacial score (nSPS) is 17.3. The van der Waals surface area contributed by atoms with Crippen LogP contribution in [0.3, 0.4) is 0 Å². The Morgan fingerprint density at radius 1 is 1.35 bits per heavy atom. The van der Waals surface area contributed by atoms with Gasteiger partial charge in [-0.3, -0.25) is 4.68 Å². The van der Waals surface area contributed by atoms with Gasteiger partial charge in [0.05, 0.1) is 17.9 Å². The fraction of sp³-hybridized carbons (Fsp3) is 0.462. The van der Waals surface area contributed by atoms with Gasteiger partial charge in [0.25, 0.3) is 0 Å². The third-order valence-corrected chi connectivity index (χ3v) is 3.75. The Labute approximate surface area is 122 Å². The average Bonchev–Trinajstić information content (AvgIpc) is 2.88. The second kappa shape index (κ2) is 5.76. The zero-order valence-electron chi connectivity index (χ0n) is 11.3. The van der Waals surface area contributed by atoms with Gasteiger partial charge in [0.15, 0.2) is 0 Å². The average molecular weight is 293 g/mol. The molecule has 106 valence electrons. The number of likely N-dealkylation sites (tertiary alicyclic amines) is 1. The highest BCUT2D eigenvalue weighted by molar-refractivity contribution is 6.29. The predicted octanol–water partition coefficient (Wildman–Crippen LogP) is 2.34. The molecule has 1 aliphatic heterocycles. The molecule has 0 aliphatic carbocycles. The smallest absolute Gasteiger partial charge is 0.228 e. The van der Waals surface area contributed by atoms with Crippen LogP contribution in [0.1, 0.15) is 18.9 Å². The number of nitrogens with zero attached hydrogens (tertiary/aromatic N) is 5. The topological polar surface area (TPSA) is 58.9 Å². The minimum absolute atomic E-state index is 0.421. The summed E-state index contributed by atoms with van der Waals surface area (Å²) in [6.07, 6.45) is 7.68. The molecule has 0 amide bonds. The van der Waals surface area contributed by atoms with E-state index >= 15 is 0 Å². The molecule has 1 fully saturated rings. The maximum Gasteiger partial charge on any atom is 0.228 e. The molecule has 0 unspecified atom stereocenters. The molecule has 1 saturated heterocycles. The van der Waals surface area contributed by atoms with Gasteiger partial charge in [-0.05, 0) is 39.0 Å². The lowest BCUT2D eigenvalue weighted by Gasteiger charge is -2.28. The van der Waals surface area contributed by atoms with E-state index in [-0.39, 0.29) is 0 Å². The molecule has 3 rings (SSSR count). The van der Waals surface area contributed by atoms with Crippen LogP contribution in [0.5, 0.6) is 0 Å². The van der Waals surface area contributed by atoms with Crippen LogP contribution in [0, 0.1) is 0 Å². The highest BCUT2D eigenvalue weighted by Crippen LogP contribution is 2.23. The van der Waals surface area contributed by atoms with Crippen LogP contribution in [0.2, 0.25) is 5.15 Å². The molecule has 2 aromatic heterocycles. The summed E-state index contributed by atoms with van der Waals surface area (Å²) in [6, 6.07) is 2.12. The number of rotatable bonds is 3. The van der Waals surface area contributed by atoms with Crippen molar-refractivity contribution in [3.8, 4) is 0 Å². The Morgan fingerprint density at radius 2 is 2.15 bits per heavy atom. The van der Waals surface area contributed by atoms with Gasteiger partial charge in [0.1, 0.15) is 5.15 Å². The number of hydrogen-bond acceptors (Lipinski definition) is 5. The highest BCUT2D eigenvalue weighted by atomic mass is 35.5. The van der Waals surface area contributed by atoms with Crippen LogP contribution in [0.15, 0.2) is 24.7 Å². The Bertz CT molecular complexity index is 576. The molecule has 0 bridgehead atoms. The lowest BCUT2D eigenvalue weighted by Crippen LogP contribution is -2.31. The minimum atomic E-state index is 0.421. The standard InChI is InChI=1S/C13H17ClN6/c1-19-6-3-11(4-7-19)20-9-10(8-16-20)17-13-15-5-2-12(14)18-13/h2,5,8-9,11H,3-4,6-7H2,1H3,(H,15,17,18). The van der Waals surface area contributed by atoms with Crippen LogP contribution >= 0.6 is 11.6 Å². The van der Waals surface area contributed by atoms with Crippen molar-refractivity contribution in [2.45, 2.75) is 18.9 Å². The van der Waals surface area contributed by atoms with Crippen LogP contribution < -0.4 is 5.32 Å². The van der Waals surface area contributed by atoms with E-state index < -0.39 is 0 Å². The van der Waals surface area contributed by atoms with Crippen molar-refractivity contribution < 1.29 is 0 Å². The molecule has 6 nitrogen and oxygen atoms in total. The van der Waals surface area contributed by atoms with E-state index in [2.05, 4.69) is 32.3 Å². The lowest BCUT2D eigenvalue weighted by atomic mass is 10.1. The van der Waals surface area contributed by atoms with Gasteiger partial charge in [-0.25, -0.2) is 9.97 Å². The minimum Gasteiger partial charge on any atom is -0.321 e. The molecule has 20 heavy (non-hydrogen) atoms. The zero-order chi connectivity index (χ0) is 13.9. The van der Waals surface area contributed by atoms with Crippen molar-refractivity contribution >= 4 is 23.2 Å². The summed E-state index contributed by atoms with van der Waals surface area (Å²) >= 11 is 5.84. The van der Waals surface area contributed by atoms with Gasteiger partial charge in [-0.15, -0.1) is 0 Å². The Morgan fingerprint density at radius 3 is 2.90 bits per heavy atom. The molecule has 3 heterocycles. The molecule has 0 radical (unpaired) electrons. The third kappa shape index (κ3) is 3.08. The van der Waals surface area contributed by atoms with Gasteiger partial charge in [-0.2, -0.15) is 5.10 Å². The van der Waals surface area contributed by atoms with E-state index in [1.165, 1.54) is 0 Å². The third-order valence-electron chi connectivity index (χ3n) is 3.54. The van der Waals surface area contributed by atoms with Crippen molar-refractivity contribution in [1.29, 1.82) is 0 Å². The van der Waals surface area contributed by atoms with Crippen molar-refractivity contribution in [3.63, 3.8) is 0 Å². The van der Waals surface area contributed by atoms with Gasteiger partial charge >= 0.3 is 0 Å². The molecule has 7 heteroatoms. The first-order valence-electron chi connectivity index (χ1n) is 6.69. The van der Waals surface area contributed by atoms with Crippen molar-refractivity contribution in [2.75, 3.05) is 25.5 Å². The van der Waals surface area contributed by atoms with Crippen LogP contribution in [-0.4, -0.2) is 44.8 Å². The summed E-state index contributed by atoms with van der Waals surface area (Å²) in [6.45, 7) is 2.23. The van der Waals surface area contributed by atoms with Gasteiger partial charge in [0, 0.05) is 12.4 Å². The summed E-state index contributed by atoms with van der Waals surface area (Å²) in [4.78, 5) is 10.6. The predicted molar refractivity (Wildman–Crippen MR) is 78.3 cm³/mol. The van der Waals surface area contributed by atoms with Crippen molar-refractivity contribution in [3.05, 3.63) is 29.8 Å². The molecule has 0 atom stereocenters. The summed E-state index contributed by atoms with van der Waals surface area (Å²) < 4.78 is 2.03. The van der Waals surface area contributed by atoms with E-state index in [1.54, 1.807) is 18.5 Å². The first-order chi connectivity index (χ1) is 9.70.